The molecule has 11 heteroatoms. The smallest absolute Gasteiger partial charge is 0.261 e. The van der Waals surface area contributed by atoms with Crippen LogP contribution in [0.1, 0.15) is 53.7 Å². The molecule has 0 atom stereocenters. The molecular formula is C130H83B3N6O2. The maximum atomic E-state index is 11.8. The van der Waals surface area contributed by atoms with Gasteiger partial charge in [0, 0.05) is 134 Å². The average Bonchev–Trinajstić information content (AvgIpc) is 1.67. The molecule has 8 nitrogen and oxygen atoms in total. The molecule has 0 unspecified atom stereocenters. The van der Waals surface area contributed by atoms with Crippen LogP contribution in [-0.2, 0) is 5.41 Å². The largest absolute Gasteiger partial charge is 0.459 e. The van der Waals surface area contributed by atoms with Crippen molar-refractivity contribution in [3.8, 4) is 113 Å². The van der Waals surface area contributed by atoms with Gasteiger partial charge in [0.2, 0.25) is 0 Å². The summed E-state index contributed by atoms with van der Waals surface area (Å²) in [4.78, 5) is 4.48. The maximum absolute atomic E-state index is 11.8. The van der Waals surface area contributed by atoms with Gasteiger partial charge in [-0.15, -0.1) is 0 Å². The van der Waals surface area contributed by atoms with E-state index in [2.05, 4.69) is 79.1 Å². The number of anilines is 6. The van der Waals surface area contributed by atoms with Crippen LogP contribution in [0.4, 0.5) is 34.1 Å². The van der Waals surface area contributed by atoms with Crippen molar-refractivity contribution in [1.82, 2.24) is 18.3 Å². The van der Waals surface area contributed by atoms with E-state index in [0.29, 0.717) is 83.9 Å². The molecule has 0 spiro atoms. The molecule has 25 aromatic rings. The van der Waals surface area contributed by atoms with Gasteiger partial charge in [-0.25, -0.2) is 0 Å². The summed E-state index contributed by atoms with van der Waals surface area (Å²) in [6.07, 6.45) is 0. The predicted molar refractivity (Wildman–Crippen MR) is 591 cm³/mol. The lowest BCUT2D eigenvalue weighted by atomic mass is 9.28. The summed E-state index contributed by atoms with van der Waals surface area (Å²) in [6, 6.07) is 97.2. The Bertz CT molecular complexity index is 10400. The van der Waals surface area contributed by atoms with Crippen LogP contribution in [0.3, 0.4) is 0 Å². The van der Waals surface area contributed by atoms with E-state index in [0.717, 1.165) is 71.6 Å². The van der Waals surface area contributed by atoms with Crippen LogP contribution in [0.2, 0.25) is 0 Å². The molecule has 0 N–H and O–H groups in total. The maximum Gasteiger partial charge on any atom is 0.261 e. The van der Waals surface area contributed by atoms with Gasteiger partial charge in [0.1, 0.15) is 23.0 Å². The van der Waals surface area contributed by atoms with Crippen molar-refractivity contribution in [3.63, 3.8) is 0 Å². The minimum atomic E-state index is -1.62. The highest BCUT2D eigenvalue weighted by atomic mass is 16.5. The molecule has 6 aliphatic heterocycles. The van der Waals surface area contributed by atoms with E-state index in [4.69, 9.17) is 9.47 Å². The highest BCUT2D eigenvalue weighted by Gasteiger charge is 2.55. The number of hydrogen-bond donors (Lipinski definition) is 0. The van der Waals surface area contributed by atoms with Gasteiger partial charge in [-0.1, -0.05) is 372 Å². The summed E-state index contributed by atoms with van der Waals surface area (Å²) in [6.45, 7) is 1.69. The number of fused-ring (bicyclic) bond motifs is 26. The lowest BCUT2D eigenvalue weighted by Crippen LogP contribution is -2.67. The molecule has 10 heterocycles. The van der Waals surface area contributed by atoms with Gasteiger partial charge in [-0.3, -0.25) is 0 Å². The van der Waals surface area contributed by atoms with E-state index in [1.165, 1.54) is 0 Å². The van der Waals surface area contributed by atoms with Gasteiger partial charge in [-0.05, 0) is 189 Å². The number of para-hydroxylation sites is 8. The quantitative estimate of drug-likeness (QED) is 0.128. The van der Waals surface area contributed by atoms with Crippen molar-refractivity contribution in [1.29, 1.82) is 0 Å². The third-order valence-electron chi connectivity index (χ3n) is 30.0. The summed E-state index contributed by atoms with van der Waals surface area (Å²) >= 11 is 0. The summed E-state index contributed by atoms with van der Waals surface area (Å²) < 4.78 is 238. The molecule has 0 saturated carbocycles. The van der Waals surface area contributed by atoms with Crippen molar-refractivity contribution in [2.24, 2.45) is 0 Å². The minimum absolute atomic E-state index is 0.0215. The molecule has 654 valence electrons. The topological polar surface area (TPSA) is 44.7 Å². The molecule has 4 aromatic heterocycles. The zero-order valence-electron chi connectivity index (χ0n) is 95.9. The fourth-order valence-corrected chi connectivity index (χ4v) is 24.0. The van der Waals surface area contributed by atoms with Crippen LogP contribution in [0.15, 0.2) is 448 Å². The average molecular weight is 1810 g/mol. The van der Waals surface area contributed by atoms with E-state index in [9.17, 15) is 27.4 Å². The van der Waals surface area contributed by atoms with Crippen molar-refractivity contribution in [3.05, 3.63) is 454 Å². The fourth-order valence-electron chi connectivity index (χ4n) is 24.0. The zero-order chi connectivity index (χ0) is 110. The van der Waals surface area contributed by atoms with Gasteiger partial charge in [0.05, 0.1) is 71.9 Å². The SMILES string of the molecule is [2H]c1c([2H])c(-n2c3ccccc3c3cc(-c4ccccc4)ccc32)c([2H])c2c1B1c3c(cc4c(c3O2)B2c3c(cc(C(C)(C)C)cc3N(c3c(-c5ccccc5)cccc3-c3ccccc3)c3cc5c6c(c32)Oc2c([2H])c(-n3c7ccccc7c7cc(-c8ccccc8)ccc73)c([2H])c([2H])c2B6c2c([2H])c([2H])c([2H])c3c6c([2H])c([2H])c([2H])c([2H])c6n-5c23)N4c2c(-c3ccccc3)cccc2-c2ccccc2)-n2c3c([2H])c([2H])c([2H])c([2H])c3c3c([2H])c([2H])c([2H])c1c32. The molecule has 0 aliphatic carbocycles. The van der Waals surface area contributed by atoms with Crippen LogP contribution in [0.25, 0.3) is 177 Å². The van der Waals surface area contributed by atoms with E-state index in [1.807, 2.05) is 288 Å². The Labute approximate surface area is 843 Å². The predicted octanol–water partition coefficient (Wildman–Crippen LogP) is 27.3. The van der Waals surface area contributed by atoms with Crippen LogP contribution in [0.5, 0.6) is 23.0 Å². The van der Waals surface area contributed by atoms with Gasteiger partial charge in [0.15, 0.2) is 0 Å². The van der Waals surface area contributed by atoms with E-state index >= 15 is 0 Å². The first-order valence-electron chi connectivity index (χ1n) is 57.6. The van der Waals surface area contributed by atoms with Crippen LogP contribution in [0, 0.1) is 0 Å². The van der Waals surface area contributed by atoms with Crippen LogP contribution >= 0.6 is 0 Å². The molecular weight excluding hydrogens is 1710 g/mol. The van der Waals surface area contributed by atoms with Crippen molar-refractivity contribution < 1.29 is 36.9 Å². The van der Waals surface area contributed by atoms with Gasteiger partial charge < -0.3 is 37.5 Å². The Morgan fingerprint density at radius 1 is 0.241 bits per heavy atom. The minimum Gasteiger partial charge on any atom is -0.459 e. The molecule has 0 bridgehead atoms. The van der Waals surface area contributed by atoms with Gasteiger partial charge >= 0.3 is 0 Å². The molecule has 6 aliphatic rings. The monoisotopic (exact) mass is 1810 g/mol. The fraction of sp³-hybridized carbons (Fsp3) is 0.0308. The van der Waals surface area contributed by atoms with Gasteiger partial charge in [0.25, 0.3) is 20.1 Å². The molecule has 21 aromatic carbocycles. The Morgan fingerprint density at radius 3 is 0.986 bits per heavy atom. The number of rotatable bonds is 10. The summed E-state index contributed by atoms with van der Waals surface area (Å²) in [5, 5.41) is 2.50. The van der Waals surface area contributed by atoms with Crippen LogP contribution in [-0.4, -0.2) is 38.4 Å². The highest BCUT2D eigenvalue weighted by molar-refractivity contribution is 7.05. The van der Waals surface area contributed by atoms with Gasteiger partial charge in [-0.2, -0.15) is 0 Å². The second kappa shape index (κ2) is 29.4. The first-order chi connectivity index (χ1) is 78.0. The standard InChI is InChI=1S/C130H83B3N6O2/c1-130(2,3)86-72-111-119-112(73-86)139(125-91(82-42-18-8-19-43-82)52-31-53-92(125)83-44-20-9-21-45-83)116-77-114-121-129(141-118-75-88(65-67-102(118)132(121)104-57-33-55-98-94-47-23-29-61-108(94)137(114)127(98)104)135-106-59-27-25-49-96(106)100-71-85(63-69-110(100)135)79-36-12-5-13-37-79)123(116)133(119)122-115(138(111)124-89(80-38-14-6-15-39-80)50-30-51-90(124)81-40-16-7-17-41-81)76-113-120-128(122)140-117-74-87(64-66-101(117)131(120)103-56-32-54-97-93-46-22-28-60-107(93)136(113)126(97)103)134-105-58-26-24-48-95(105)99-70-84(62-68-109(99)134)78-34-10-4-11-35-78/h4-77H,1-3H3/i22D,23D,28D,29D,32D,33D,46D,47D,54D,55D,56D,57D,60D,61D,64D,65D,66D,67D,74D,75D. The third-order valence-corrected chi connectivity index (χ3v) is 30.0. The third kappa shape index (κ3) is 11.0. The molecule has 0 radical (unpaired) electrons. The van der Waals surface area contributed by atoms with E-state index in [-0.39, 0.29) is 133 Å². The molecule has 31 rings (SSSR count). The second-order valence-corrected chi connectivity index (χ2v) is 38.3. The number of hydrogen-bond acceptors (Lipinski definition) is 4. The first-order valence-corrected chi connectivity index (χ1v) is 47.6. The van der Waals surface area contributed by atoms with Crippen LogP contribution < -0.4 is 68.4 Å². The Kier molecular flexibility index (Phi) is 12.8. The number of ether oxygens (including phenoxy) is 2. The number of nitrogens with zero attached hydrogens (tertiary/aromatic N) is 6. The first kappa shape index (κ1) is 61.3. The molecule has 0 amide bonds. The highest BCUT2D eigenvalue weighted by Crippen LogP contribution is 2.58. The van der Waals surface area contributed by atoms with Crippen molar-refractivity contribution in [2.75, 3.05) is 9.80 Å². The lowest BCUT2D eigenvalue weighted by Gasteiger charge is -2.49. The van der Waals surface area contributed by atoms with Crippen molar-refractivity contribution in [2.45, 2.75) is 26.2 Å². The summed E-state index contributed by atoms with van der Waals surface area (Å²) in [5.41, 5.74) is 15.3. The molecule has 141 heavy (non-hydrogen) atoms. The molecule has 0 saturated heterocycles. The number of aromatic nitrogens is 4. The molecule has 0 fully saturated rings. The Balaban J connectivity index is 0.829. The number of benzene rings is 21. The zero-order valence-corrected chi connectivity index (χ0v) is 75.9. The van der Waals surface area contributed by atoms with E-state index < -0.39 is 146 Å². The normalized spacial score (nSPS) is 15.2. The van der Waals surface area contributed by atoms with E-state index in [1.54, 1.807) is 9.13 Å². The van der Waals surface area contributed by atoms with Crippen molar-refractivity contribution >= 4 is 191 Å². The Hall–Kier alpha value is -17.8. The second-order valence-electron chi connectivity index (χ2n) is 38.3. The summed E-state index contributed by atoms with van der Waals surface area (Å²) in [5.74, 6) is -0.632. The lowest BCUT2D eigenvalue weighted by molar-refractivity contribution is 0.489. The summed E-state index contributed by atoms with van der Waals surface area (Å²) in [7, 11) is 0. The Morgan fingerprint density at radius 2 is 0.589 bits per heavy atom.